The Kier molecular flexibility index (Phi) is 7.28. The molecule has 158 valence electrons. The van der Waals surface area contributed by atoms with E-state index in [-0.39, 0.29) is 49.7 Å². The van der Waals surface area contributed by atoms with Crippen LogP contribution >= 0.6 is 58.6 Å². The van der Waals surface area contributed by atoms with Crippen LogP contribution in [0.25, 0.3) is 0 Å². The van der Waals surface area contributed by atoms with Gasteiger partial charge in [-0.25, -0.2) is 9.59 Å². The number of benzene rings is 2. The second-order valence-corrected chi connectivity index (χ2v) is 8.16. The highest BCUT2D eigenvalue weighted by atomic mass is 35.5. The van der Waals surface area contributed by atoms with Gasteiger partial charge in [-0.05, 0) is 36.5 Å². The minimum atomic E-state index is -1.03. The number of aliphatic hydroxyl groups is 1. The van der Waals surface area contributed by atoms with E-state index < -0.39 is 18.2 Å². The van der Waals surface area contributed by atoms with E-state index in [2.05, 4.69) is 10.6 Å². The lowest BCUT2D eigenvalue weighted by atomic mass is 10.2. The maximum absolute atomic E-state index is 12.7. The topological polar surface area (TPSA) is 84.9 Å². The van der Waals surface area contributed by atoms with Crippen molar-refractivity contribution in [3.63, 3.8) is 0 Å². The number of carbonyl (C=O) groups is 2. The quantitative estimate of drug-likeness (QED) is 0.480. The molecule has 3 rings (SSSR count). The van der Waals surface area contributed by atoms with Crippen molar-refractivity contribution in [3.8, 4) is 0 Å². The number of hydrogen-bond acceptors (Lipinski definition) is 4. The van der Waals surface area contributed by atoms with Crippen LogP contribution in [0.2, 0.25) is 20.1 Å². The largest absolute Gasteiger partial charge is 0.389 e. The Labute approximate surface area is 197 Å². The zero-order valence-corrected chi connectivity index (χ0v) is 18.9. The van der Waals surface area contributed by atoms with Gasteiger partial charge in [0.05, 0.1) is 50.7 Å². The van der Waals surface area contributed by atoms with Crippen molar-refractivity contribution >= 4 is 87.2 Å². The molecule has 4 amide bonds. The first-order valence-electron chi connectivity index (χ1n) is 8.46. The average Bonchev–Trinajstić information content (AvgIpc) is 2.70. The standard InChI is InChI=1S/C18H14Cl4N4O3S/c19-10-3-1-5-12(14(10)21)23-16(28)25-7-9(27)8-26(18(25)30)17(29)24-13-6-2-4-11(20)15(13)22/h1-6,9,27H,7-8H2,(H,23,28)(H,24,29). The number of anilines is 2. The molecule has 0 radical (unpaired) electrons. The summed E-state index contributed by atoms with van der Waals surface area (Å²) in [6.45, 7) is -0.213. The molecule has 0 spiro atoms. The fourth-order valence-corrected chi connectivity index (χ4v) is 3.70. The predicted molar refractivity (Wildman–Crippen MR) is 123 cm³/mol. The summed E-state index contributed by atoms with van der Waals surface area (Å²) in [7, 11) is 0. The van der Waals surface area contributed by atoms with Crippen LogP contribution in [0, 0.1) is 0 Å². The van der Waals surface area contributed by atoms with E-state index in [1.165, 1.54) is 0 Å². The number of hydrogen-bond donors (Lipinski definition) is 3. The summed E-state index contributed by atoms with van der Waals surface area (Å²) in [4.78, 5) is 27.6. The molecule has 0 aromatic heterocycles. The van der Waals surface area contributed by atoms with Crippen LogP contribution in [0.1, 0.15) is 0 Å². The van der Waals surface area contributed by atoms with Crippen LogP contribution in [0.3, 0.4) is 0 Å². The fourth-order valence-electron chi connectivity index (χ4n) is 2.69. The molecule has 0 aliphatic carbocycles. The molecule has 1 aliphatic heterocycles. The van der Waals surface area contributed by atoms with Crippen molar-refractivity contribution in [1.82, 2.24) is 9.80 Å². The molecular formula is C18H14Cl4N4O3S. The zero-order valence-electron chi connectivity index (χ0n) is 15.0. The molecular weight excluding hydrogens is 494 g/mol. The minimum Gasteiger partial charge on any atom is -0.389 e. The number of thiocarbonyl (C=S) groups is 1. The molecule has 2 aromatic rings. The van der Waals surface area contributed by atoms with Gasteiger partial charge in [-0.2, -0.15) is 0 Å². The van der Waals surface area contributed by atoms with Gasteiger partial charge in [0.25, 0.3) is 0 Å². The SMILES string of the molecule is O=C(Nc1cccc(Cl)c1Cl)N1CC(O)CN(C(=O)Nc2cccc(Cl)c2Cl)C1=S. The van der Waals surface area contributed by atoms with Gasteiger partial charge in [0, 0.05) is 0 Å². The van der Waals surface area contributed by atoms with Crippen LogP contribution in [-0.4, -0.2) is 51.3 Å². The Morgan fingerprint density at radius 2 is 1.27 bits per heavy atom. The molecule has 1 fully saturated rings. The van der Waals surface area contributed by atoms with Gasteiger partial charge in [-0.1, -0.05) is 58.5 Å². The fraction of sp³-hybridized carbons (Fsp3) is 0.167. The number of nitrogens with one attached hydrogen (secondary N) is 2. The number of halogens is 4. The third-order valence-corrected chi connectivity index (χ3v) is 6.20. The molecule has 1 saturated heterocycles. The maximum Gasteiger partial charge on any atom is 0.328 e. The molecule has 0 bridgehead atoms. The lowest BCUT2D eigenvalue weighted by Gasteiger charge is -2.38. The first-order valence-corrected chi connectivity index (χ1v) is 10.4. The lowest BCUT2D eigenvalue weighted by Crippen LogP contribution is -2.60. The monoisotopic (exact) mass is 506 g/mol. The van der Waals surface area contributed by atoms with Crippen molar-refractivity contribution in [2.45, 2.75) is 6.10 Å². The first kappa shape index (κ1) is 22.9. The Hall–Kier alpha value is -1.81. The summed E-state index contributed by atoms with van der Waals surface area (Å²) in [5.41, 5.74) is 0.525. The van der Waals surface area contributed by atoms with E-state index in [0.29, 0.717) is 0 Å². The van der Waals surface area contributed by atoms with Gasteiger partial charge < -0.3 is 15.7 Å². The molecule has 12 heteroatoms. The summed E-state index contributed by atoms with van der Waals surface area (Å²) in [5, 5.41) is 16.1. The molecule has 3 N–H and O–H groups in total. The van der Waals surface area contributed by atoms with Gasteiger partial charge in [0.15, 0.2) is 5.11 Å². The molecule has 7 nitrogen and oxygen atoms in total. The van der Waals surface area contributed by atoms with Gasteiger partial charge in [0.1, 0.15) is 0 Å². The van der Waals surface area contributed by atoms with E-state index in [4.69, 9.17) is 58.6 Å². The number of carbonyl (C=O) groups excluding carboxylic acids is 2. The number of β-amino-alcohol motifs (C(OH)–C–C–N with tert-alkyl or cyclic N) is 1. The molecule has 1 aliphatic rings. The van der Waals surface area contributed by atoms with Crippen LogP contribution in [0.5, 0.6) is 0 Å². The molecule has 1 heterocycles. The Morgan fingerprint density at radius 3 is 1.67 bits per heavy atom. The predicted octanol–water partition coefficient (Wildman–Crippen LogP) is 5.33. The smallest absolute Gasteiger partial charge is 0.328 e. The second kappa shape index (κ2) is 9.55. The average molecular weight is 508 g/mol. The van der Waals surface area contributed by atoms with E-state index in [9.17, 15) is 14.7 Å². The van der Waals surface area contributed by atoms with Crippen molar-refractivity contribution in [3.05, 3.63) is 56.5 Å². The van der Waals surface area contributed by atoms with E-state index in [1.54, 1.807) is 36.4 Å². The van der Waals surface area contributed by atoms with Gasteiger partial charge in [-0.3, -0.25) is 9.80 Å². The number of amides is 4. The van der Waals surface area contributed by atoms with Crippen LogP contribution in [0.4, 0.5) is 21.0 Å². The van der Waals surface area contributed by atoms with Crippen molar-refractivity contribution in [1.29, 1.82) is 0 Å². The van der Waals surface area contributed by atoms with Crippen molar-refractivity contribution in [2.24, 2.45) is 0 Å². The van der Waals surface area contributed by atoms with Gasteiger partial charge >= 0.3 is 12.1 Å². The van der Waals surface area contributed by atoms with Crippen LogP contribution < -0.4 is 10.6 Å². The van der Waals surface area contributed by atoms with Crippen molar-refractivity contribution in [2.75, 3.05) is 23.7 Å². The molecule has 0 unspecified atom stereocenters. The lowest BCUT2D eigenvalue weighted by molar-refractivity contribution is 0.103. The van der Waals surface area contributed by atoms with Crippen LogP contribution in [-0.2, 0) is 0 Å². The van der Waals surface area contributed by atoms with Gasteiger partial charge in [0.2, 0.25) is 0 Å². The van der Waals surface area contributed by atoms with Crippen LogP contribution in [0.15, 0.2) is 36.4 Å². The number of nitrogens with zero attached hydrogens (tertiary/aromatic N) is 2. The molecule has 0 atom stereocenters. The summed E-state index contributed by atoms with van der Waals surface area (Å²) < 4.78 is 0. The number of aliphatic hydroxyl groups excluding tert-OH is 1. The number of rotatable bonds is 2. The first-order chi connectivity index (χ1) is 14.2. The van der Waals surface area contributed by atoms with E-state index in [0.717, 1.165) is 9.80 Å². The van der Waals surface area contributed by atoms with Crippen molar-refractivity contribution < 1.29 is 14.7 Å². The summed E-state index contributed by atoms with van der Waals surface area (Å²) in [5.74, 6) is 0. The van der Waals surface area contributed by atoms with Gasteiger partial charge in [-0.15, -0.1) is 0 Å². The highest BCUT2D eigenvalue weighted by Crippen LogP contribution is 2.31. The Bertz CT molecular complexity index is 945. The van der Waals surface area contributed by atoms with E-state index >= 15 is 0 Å². The Balaban J connectivity index is 1.77. The third kappa shape index (κ3) is 4.91. The molecule has 2 aromatic carbocycles. The Morgan fingerprint density at radius 1 is 0.867 bits per heavy atom. The van der Waals surface area contributed by atoms with E-state index in [1.807, 2.05) is 0 Å². The zero-order chi connectivity index (χ0) is 22.0. The number of urea groups is 2. The minimum absolute atomic E-state index is 0.105. The second-order valence-electron chi connectivity index (χ2n) is 6.22. The highest BCUT2D eigenvalue weighted by molar-refractivity contribution is 7.80. The third-order valence-electron chi connectivity index (χ3n) is 4.13. The summed E-state index contributed by atoms with van der Waals surface area (Å²) in [6.07, 6.45) is -1.03. The normalized spacial score (nSPS) is 14.6. The maximum atomic E-state index is 12.7. The molecule has 0 saturated carbocycles. The highest BCUT2D eigenvalue weighted by Gasteiger charge is 2.35. The summed E-state index contributed by atoms with van der Waals surface area (Å²) >= 11 is 29.4. The summed E-state index contributed by atoms with van der Waals surface area (Å²) in [6, 6.07) is 8.12. The molecule has 30 heavy (non-hydrogen) atoms.